The predicted molar refractivity (Wildman–Crippen MR) is 84.3 cm³/mol. The quantitative estimate of drug-likeness (QED) is 0.713. The van der Waals surface area contributed by atoms with Gasteiger partial charge in [0.15, 0.2) is 0 Å². The van der Waals surface area contributed by atoms with Gasteiger partial charge in [0.1, 0.15) is 6.04 Å². The number of hydrogen-bond acceptors (Lipinski definition) is 5. The molecule has 0 saturated carbocycles. The SMILES string of the molecule is CCNC(CCN1CCC2CCC(C1)N2C)C(=O)OCC. The molecule has 2 saturated heterocycles. The Bertz CT molecular complexity index is 337. The molecule has 2 rings (SSSR count). The third-order valence-corrected chi connectivity index (χ3v) is 4.99. The van der Waals surface area contributed by atoms with Gasteiger partial charge in [-0.05, 0) is 52.7 Å². The minimum absolute atomic E-state index is 0.104. The van der Waals surface area contributed by atoms with Crippen molar-refractivity contribution in [3.63, 3.8) is 0 Å². The van der Waals surface area contributed by atoms with Crippen LogP contribution in [0.2, 0.25) is 0 Å². The average Bonchev–Trinajstić information content (AvgIpc) is 2.70. The van der Waals surface area contributed by atoms with Gasteiger partial charge in [0.2, 0.25) is 0 Å². The van der Waals surface area contributed by atoms with Crippen molar-refractivity contribution >= 4 is 5.97 Å². The van der Waals surface area contributed by atoms with Crippen molar-refractivity contribution in [1.82, 2.24) is 15.1 Å². The van der Waals surface area contributed by atoms with E-state index in [0.29, 0.717) is 12.6 Å². The van der Waals surface area contributed by atoms with E-state index in [2.05, 4.69) is 22.2 Å². The molecule has 3 atom stereocenters. The number of hydrogen-bond donors (Lipinski definition) is 1. The van der Waals surface area contributed by atoms with Crippen LogP contribution in [0.15, 0.2) is 0 Å². The van der Waals surface area contributed by atoms with Crippen LogP contribution in [0, 0.1) is 0 Å². The zero-order chi connectivity index (χ0) is 15.2. The third kappa shape index (κ3) is 4.41. The van der Waals surface area contributed by atoms with E-state index < -0.39 is 0 Å². The fraction of sp³-hybridized carbons (Fsp3) is 0.938. The molecule has 5 nitrogen and oxygen atoms in total. The summed E-state index contributed by atoms with van der Waals surface area (Å²) in [5, 5.41) is 3.25. The highest BCUT2D eigenvalue weighted by molar-refractivity contribution is 5.75. The first-order chi connectivity index (χ1) is 10.2. The first kappa shape index (κ1) is 16.7. The van der Waals surface area contributed by atoms with Gasteiger partial charge in [0, 0.05) is 25.2 Å². The summed E-state index contributed by atoms with van der Waals surface area (Å²) in [5.74, 6) is -0.104. The lowest BCUT2D eigenvalue weighted by molar-refractivity contribution is -0.145. The van der Waals surface area contributed by atoms with E-state index in [4.69, 9.17) is 4.74 Å². The molecule has 122 valence electrons. The third-order valence-electron chi connectivity index (χ3n) is 4.99. The Hall–Kier alpha value is -0.650. The molecule has 21 heavy (non-hydrogen) atoms. The summed E-state index contributed by atoms with van der Waals surface area (Å²) in [6.07, 6.45) is 4.79. The van der Waals surface area contributed by atoms with Gasteiger partial charge in [-0.25, -0.2) is 0 Å². The minimum atomic E-state index is -0.159. The summed E-state index contributed by atoms with van der Waals surface area (Å²) in [4.78, 5) is 17.0. The van der Waals surface area contributed by atoms with Crippen LogP contribution in [0.1, 0.15) is 39.5 Å². The van der Waals surface area contributed by atoms with Crippen molar-refractivity contribution in [3.05, 3.63) is 0 Å². The molecule has 5 heteroatoms. The Labute approximate surface area is 129 Å². The van der Waals surface area contributed by atoms with Crippen molar-refractivity contribution in [3.8, 4) is 0 Å². The van der Waals surface area contributed by atoms with Crippen LogP contribution in [0.4, 0.5) is 0 Å². The Morgan fingerprint density at radius 2 is 2.05 bits per heavy atom. The largest absolute Gasteiger partial charge is 0.465 e. The molecule has 0 aliphatic carbocycles. The van der Waals surface area contributed by atoms with Crippen molar-refractivity contribution in [2.24, 2.45) is 0 Å². The molecule has 0 aromatic rings. The van der Waals surface area contributed by atoms with Gasteiger partial charge >= 0.3 is 5.97 Å². The first-order valence-electron chi connectivity index (χ1n) is 8.50. The molecule has 0 spiro atoms. The molecule has 2 aliphatic heterocycles. The molecule has 2 fully saturated rings. The highest BCUT2D eigenvalue weighted by atomic mass is 16.5. The molecule has 0 aromatic carbocycles. The van der Waals surface area contributed by atoms with E-state index in [1.165, 1.54) is 19.3 Å². The first-order valence-corrected chi connectivity index (χ1v) is 8.50. The number of nitrogens with one attached hydrogen (secondary N) is 1. The molecule has 1 N–H and O–H groups in total. The van der Waals surface area contributed by atoms with Crippen LogP contribution in [-0.4, -0.2) is 73.7 Å². The molecular weight excluding hydrogens is 266 g/mol. The molecule has 2 heterocycles. The van der Waals surface area contributed by atoms with Crippen LogP contribution >= 0.6 is 0 Å². The van der Waals surface area contributed by atoms with Crippen LogP contribution in [-0.2, 0) is 9.53 Å². The molecular formula is C16H31N3O2. The van der Waals surface area contributed by atoms with Gasteiger partial charge in [-0.1, -0.05) is 6.92 Å². The lowest BCUT2D eigenvalue weighted by atomic mass is 10.1. The van der Waals surface area contributed by atoms with Crippen LogP contribution < -0.4 is 5.32 Å². The molecule has 2 bridgehead atoms. The van der Waals surface area contributed by atoms with E-state index in [9.17, 15) is 4.79 Å². The van der Waals surface area contributed by atoms with E-state index in [0.717, 1.165) is 38.6 Å². The van der Waals surface area contributed by atoms with Crippen LogP contribution in [0.5, 0.6) is 0 Å². The average molecular weight is 297 g/mol. The van der Waals surface area contributed by atoms with Gasteiger partial charge in [-0.15, -0.1) is 0 Å². The van der Waals surface area contributed by atoms with Gasteiger partial charge < -0.3 is 15.0 Å². The molecule has 0 amide bonds. The number of rotatable bonds is 7. The van der Waals surface area contributed by atoms with Crippen LogP contribution in [0.3, 0.4) is 0 Å². The Morgan fingerprint density at radius 3 is 2.76 bits per heavy atom. The Morgan fingerprint density at radius 1 is 1.29 bits per heavy atom. The van der Waals surface area contributed by atoms with Crippen molar-refractivity contribution in [2.75, 3.05) is 39.8 Å². The maximum absolute atomic E-state index is 11.9. The van der Waals surface area contributed by atoms with Gasteiger partial charge in [0.25, 0.3) is 0 Å². The van der Waals surface area contributed by atoms with Crippen molar-refractivity contribution in [1.29, 1.82) is 0 Å². The summed E-state index contributed by atoms with van der Waals surface area (Å²) in [5.41, 5.74) is 0. The summed E-state index contributed by atoms with van der Waals surface area (Å²) in [6.45, 7) is 8.44. The molecule has 0 aromatic heterocycles. The highest BCUT2D eigenvalue weighted by Gasteiger charge is 2.34. The van der Waals surface area contributed by atoms with Crippen molar-refractivity contribution in [2.45, 2.75) is 57.7 Å². The maximum Gasteiger partial charge on any atom is 0.323 e. The molecule has 0 radical (unpaired) electrons. The topological polar surface area (TPSA) is 44.8 Å². The number of nitrogens with zero attached hydrogens (tertiary/aromatic N) is 2. The number of carbonyl (C=O) groups is 1. The van der Waals surface area contributed by atoms with Gasteiger partial charge in [-0.3, -0.25) is 9.69 Å². The fourth-order valence-electron chi connectivity index (χ4n) is 3.69. The maximum atomic E-state index is 11.9. The second-order valence-corrected chi connectivity index (χ2v) is 6.29. The highest BCUT2D eigenvalue weighted by Crippen LogP contribution is 2.28. The number of ether oxygens (including phenoxy) is 1. The minimum Gasteiger partial charge on any atom is -0.465 e. The lowest BCUT2D eigenvalue weighted by Gasteiger charge is -2.27. The predicted octanol–water partition coefficient (Wildman–Crippen LogP) is 1.09. The Balaban J connectivity index is 1.81. The normalized spacial score (nSPS) is 28.3. The van der Waals surface area contributed by atoms with Gasteiger partial charge in [-0.2, -0.15) is 0 Å². The number of fused-ring (bicyclic) bond motifs is 2. The lowest BCUT2D eigenvalue weighted by Crippen LogP contribution is -2.42. The molecule has 3 unspecified atom stereocenters. The number of carbonyl (C=O) groups excluding carboxylic acids is 1. The summed E-state index contributed by atoms with van der Waals surface area (Å²) in [6, 6.07) is 1.32. The van der Waals surface area contributed by atoms with Gasteiger partial charge in [0.05, 0.1) is 6.61 Å². The summed E-state index contributed by atoms with van der Waals surface area (Å²) < 4.78 is 5.16. The summed E-state index contributed by atoms with van der Waals surface area (Å²) in [7, 11) is 2.27. The van der Waals surface area contributed by atoms with E-state index in [1.54, 1.807) is 0 Å². The van der Waals surface area contributed by atoms with Crippen molar-refractivity contribution < 1.29 is 9.53 Å². The number of likely N-dealkylation sites (tertiary alicyclic amines) is 1. The van der Waals surface area contributed by atoms with E-state index in [-0.39, 0.29) is 12.0 Å². The number of esters is 1. The monoisotopic (exact) mass is 297 g/mol. The van der Waals surface area contributed by atoms with Crippen LogP contribution in [0.25, 0.3) is 0 Å². The zero-order valence-corrected chi connectivity index (χ0v) is 13.8. The smallest absolute Gasteiger partial charge is 0.323 e. The second-order valence-electron chi connectivity index (χ2n) is 6.29. The molecule has 2 aliphatic rings. The summed E-state index contributed by atoms with van der Waals surface area (Å²) >= 11 is 0. The zero-order valence-electron chi connectivity index (χ0n) is 13.8. The standard InChI is InChI=1S/C16H31N3O2/c1-4-17-15(16(20)21-5-2)9-11-19-10-8-13-6-7-14(12-19)18(13)3/h13-15,17H,4-12H2,1-3H3. The second kappa shape index (κ2) is 8.11. The fourth-order valence-corrected chi connectivity index (χ4v) is 3.69. The Kier molecular flexibility index (Phi) is 6.45. The van der Waals surface area contributed by atoms with E-state index in [1.807, 2.05) is 13.8 Å². The number of likely N-dealkylation sites (N-methyl/N-ethyl adjacent to an activating group) is 2. The van der Waals surface area contributed by atoms with E-state index >= 15 is 0 Å².